The maximum absolute atomic E-state index is 12.9. The molecule has 1 aliphatic heterocycles. The van der Waals surface area contributed by atoms with E-state index in [9.17, 15) is 13.2 Å². The summed E-state index contributed by atoms with van der Waals surface area (Å²) in [6, 6.07) is 9.41. The van der Waals surface area contributed by atoms with Crippen LogP contribution in [0.3, 0.4) is 0 Å². The number of hydrogen-bond donors (Lipinski definition) is 1. The number of carbonyl (C=O) groups excluding carboxylic acids is 1. The van der Waals surface area contributed by atoms with Crippen LogP contribution >= 0.6 is 0 Å². The number of sulfone groups is 1. The number of nitrogens with one attached hydrogen (secondary N) is 1. The summed E-state index contributed by atoms with van der Waals surface area (Å²) in [4.78, 5) is 15.6. The minimum atomic E-state index is -2.97. The normalized spacial score (nSPS) is 20.4. The second-order valence-corrected chi connectivity index (χ2v) is 10.5. The quantitative estimate of drug-likeness (QED) is 0.748. The fourth-order valence-corrected chi connectivity index (χ4v) is 5.89. The summed E-state index contributed by atoms with van der Waals surface area (Å²) in [6.45, 7) is 4.59. The molecule has 1 aromatic carbocycles. The van der Waals surface area contributed by atoms with Crippen molar-refractivity contribution in [3.8, 4) is 0 Å². The van der Waals surface area contributed by atoms with Crippen LogP contribution in [0.25, 0.3) is 0 Å². The summed E-state index contributed by atoms with van der Waals surface area (Å²) in [5, 5.41) is 4.67. The molecular formula is C21H31N4O3S+. The standard InChI is InChI=1S/C21H30N4O3S/c1-15-19(16(2)25(22-15)18-11-12-29(27,28)14-18)13-24(5)20(21(26)23(3)4)17-9-7-6-8-10-17/h6-10,18,20H,11-14H2,1-5H3/p+1/t18-,20-/m0/s1. The molecule has 3 atom stereocenters. The first-order valence-electron chi connectivity index (χ1n) is 9.94. The van der Waals surface area contributed by atoms with E-state index >= 15 is 0 Å². The summed E-state index contributed by atoms with van der Waals surface area (Å²) >= 11 is 0. The Kier molecular flexibility index (Phi) is 6.14. The van der Waals surface area contributed by atoms with Crippen molar-refractivity contribution in [2.24, 2.45) is 0 Å². The predicted octanol–water partition coefficient (Wildman–Crippen LogP) is 0.704. The predicted molar refractivity (Wildman–Crippen MR) is 112 cm³/mol. The number of hydrogen-bond acceptors (Lipinski definition) is 4. The Morgan fingerprint density at radius 2 is 1.93 bits per heavy atom. The van der Waals surface area contributed by atoms with Crippen molar-refractivity contribution >= 4 is 15.7 Å². The molecular weight excluding hydrogens is 388 g/mol. The van der Waals surface area contributed by atoms with Gasteiger partial charge < -0.3 is 9.80 Å². The van der Waals surface area contributed by atoms with Crippen LogP contribution in [0.2, 0.25) is 0 Å². The highest BCUT2D eigenvalue weighted by atomic mass is 32.2. The zero-order chi connectivity index (χ0) is 21.3. The van der Waals surface area contributed by atoms with Gasteiger partial charge in [-0.25, -0.2) is 8.42 Å². The summed E-state index contributed by atoms with van der Waals surface area (Å²) in [7, 11) is 2.61. The van der Waals surface area contributed by atoms with E-state index in [2.05, 4.69) is 5.10 Å². The van der Waals surface area contributed by atoms with Crippen LogP contribution in [-0.2, 0) is 21.2 Å². The Morgan fingerprint density at radius 3 is 2.48 bits per heavy atom. The zero-order valence-electron chi connectivity index (χ0n) is 17.8. The van der Waals surface area contributed by atoms with Crippen molar-refractivity contribution in [3.63, 3.8) is 0 Å². The van der Waals surface area contributed by atoms with Gasteiger partial charge >= 0.3 is 0 Å². The Bertz CT molecular complexity index is 983. The minimum Gasteiger partial charge on any atom is -0.343 e. The second-order valence-electron chi connectivity index (χ2n) is 8.25. The van der Waals surface area contributed by atoms with Crippen molar-refractivity contribution in [3.05, 3.63) is 52.8 Å². The van der Waals surface area contributed by atoms with Crippen LogP contribution in [0.5, 0.6) is 0 Å². The molecule has 0 spiro atoms. The molecule has 29 heavy (non-hydrogen) atoms. The van der Waals surface area contributed by atoms with Gasteiger partial charge in [-0.2, -0.15) is 5.10 Å². The average molecular weight is 420 g/mol. The van der Waals surface area contributed by atoms with E-state index in [1.165, 1.54) is 0 Å². The lowest BCUT2D eigenvalue weighted by atomic mass is 10.0. The van der Waals surface area contributed by atoms with E-state index in [1.54, 1.807) is 19.0 Å². The molecule has 7 nitrogen and oxygen atoms in total. The first-order chi connectivity index (χ1) is 13.6. The van der Waals surface area contributed by atoms with Gasteiger partial charge in [-0.05, 0) is 20.3 Å². The lowest BCUT2D eigenvalue weighted by molar-refractivity contribution is -0.916. The number of quaternary nitrogens is 1. The summed E-state index contributed by atoms with van der Waals surface area (Å²) in [6.07, 6.45) is 0.609. The number of rotatable bonds is 6. The number of likely N-dealkylation sites (N-methyl/N-ethyl adjacent to an activating group) is 2. The number of carbonyl (C=O) groups is 1. The van der Waals surface area contributed by atoms with Crippen LogP contribution in [0, 0.1) is 13.8 Å². The molecule has 0 aliphatic carbocycles. The van der Waals surface area contributed by atoms with Gasteiger partial charge in [0.25, 0.3) is 5.91 Å². The van der Waals surface area contributed by atoms with Crippen LogP contribution in [0.15, 0.2) is 30.3 Å². The zero-order valence-corrected chi connectivity index (χ0v) is 18.7. The van der Waals surface area contributed by atoms with Crippen LogP contribution in [-0.4, -0.2) is 61.7 Å². The van der Waals surface area contributed by atoms with Crippen molar-refractivity contribution in [2.75, 3.05) is 32.6 Å². The average Bonchev–Trinajstić information content (AvgIpc) is 3.16. The molecule has 1 aliphatic rings. The van der Waals surface area contributed by atoms with Gasteiger partial charge in [0.1, 0.15) is 6.54 Å². The lowest BCUT2D eigenvalue weighted by Crippen LogP contribution is -3.09. The van der Waals surface area contributed by atoms with Crippen LogP contribution < -0.4 is 4.90 Å². The third-order valence-corrected chi connectivity index (χ3v) is 7.55. The molecule has 3 rings (SSSR count). The molecule has 1 saturated heterocycles. The molecule has 2 aromatic rings. The highest BCUT2D eigenvalue weighted by Gasteiger charge is 2.34. The molecule has 1 fully saturated rings. The SMILES string of the molecule is Cc1nn([C@H]2CCS(=O)(=O)C2)c(C)c1C[NH+](C)[C@H](C(=O)N(C)C)c1ccccc1. The van der Waals surface area contributed by atoms with Crippen molar-refractivity contribution in [1.82, 2.24) is 14.7 Å². The van der Waals surface area contributed by atoms with E-state index in [0.29, 0.717) is 13.0 Å². The minimum absolute atomic E-state index is 0.0540. The fourth-order valence-electron chi connectivity index (χ4n) is 4.20. The van der Waals surface area contributed by atoms with Crippen molar-refractivity contribution in [1.29, 1.82) is 0 Å². The summed E-state index contributed by atoms with van der Waals surface area (Å²) < 4.78 is 25.7. The largest absolute Gasteiger partial charge is 0.343 e. The smallest absolute Gasteiger partial charge is 0.285 e. The Hall–Kier alpha value is -2.19. The van der Waals surface area contributed by atoms with Gasteiger partial charge in [-0.15, -0.1) is 0 Å². The van der Waals surface area contributed by atoms with E-state index in [-0.39, 0.29) is 29.5 Å². The second kappa shape index (κ2) is 8.28. The van der Waals surface area contributed by atoms with Gasteiger partial charge in [0, 0.05) is 25.4 Å². The first-order valence-corrected chi connectivity index (χ1v) is 11.8. The summed E-state index contributed by atoms with van der Waals surface area (Å²) in [5.74, 6) is 0.436. The van der Waals surface area contributed by atoms with Crippen LogP contribution in [0.4, 0.5) is 0 Å². The van der Waals surface area contributed by atoms with E-state index in [1.807, 2.05) is 55.9 Å². The topological polar surface area (TPSA) is 76.7 Å². The number of benzene rings is 1. The monoisotopic (exact) mass is 419 g/mol. The Morgan fingerprint density at radius 1 is 1.28 bits per heavy atom. The molecule has 2 heterocycles. The van der Waals surface area contributed by atoms with Gasteiger partial charge in [0.2, 0.25) is 0 Å². The molecule has 1 amide bonds. The van der Waals surface area contributed by atoms with E-state index in [0.717, 1.165) is 27.4 Å². The Labute approximate surface area is 173 Å². The maximum Gasteiger partial charge on any atom is 0.285 e. The van der Waals surface area contributed by atoms with Gasteiger partial charge in [-0.1, -0.05) is 30.3 Å². The third-order valence-electron chi connectivity index (χ3n) is 5.80. The number of amides is 1. The van der Waals surface area contributed by atoms with E-state index < -0.39 is 9.84 Å². The maximum atomic E-state index is 12.9. The number of aromatic nitrogens is 2. The molecule has 1 N–H and O–H groups in total. The third kappa shape index (κ3) is 4.53. The first kappa shape index (κ1) is 21.5. The highest BCUT2D eigenvalue weighted by molar-refractivity contribution is 7.91. The Balaban J connectivity index is 1.89. The van der Waals surface area contributed by atoms with Gasteiger partial charge in [0.15, 0.2) is 15.9 Å². The molecule has 1 unspecified atom stereocenters. The molecule has 0 bridgehead atoms. The fraction of sp³-hybridized carbons (Fsp3) is 0.524. The molecule has 0 saturated carbocycles. The summed E-state index contributed by atoms with van der Waals surface area (Å²) in [5.41, 5.74) is 3.95. The highest BCUT2D eigenvalue weighted by Crippen LogP contribution is 2.26. The molecule has 158 valence electrons. The van der Waals surface area contributed by atoms with Crippen LogP contribution in [0.1, 0.15) is 41.0 Å². The lowest BCUT2D eigenvalue weighted by Gasteiger charge is -2.27. The van der Waals surface area contributed by atoms with Gasteiger partial charge in [-0.3, -0.25) is 9.48 Å². The van der Waals surface area contributed by atoms with E-state index in [4.69, 9.17) is 0 Å². The molecule has 8 heteroatoms. The number of nitrogens with zero attached hydrogens (tertiary/aromatic N) is 3. The van der Waals surface area contributed by atoms with Crippen molar-refractivity contribution in [2.45, 2.75) is 38.9 Å². The molecule has 0 radical (unpaired) electrons. The number of aryl methyl sites for hydroxylation is 1. The van der Waals surface area contributed by atoms with Crippen molar-refractivity contribution < 1.29 is 18.1 Å². The van der Waals surface area contributed by atoms with Gasteiger partial charge in [0.05, 0.1) is 35.9 Å². The molecule has 1 aromatic heterocycles.